The molecule has 0 bridgehead atoms. The smallest absolute Gasteiger partial charge is 0.127 e. The first kappa shape index (κ1) is 7.18. The van der Waals surface area contributed by atoms with Gasteiger partial charge in [-0.1, -0.05) is 5.16 Å². The lowest BCUT2D eigenvalue weighted by molar-refractivity contribution is 0.291. The molecule has 0 saturated heterocycles. The largest absolute Gasteiger partial charge is 0.364 e. The van der Waals surface area contributed by atoms with Crippen molar-refractivity contribution in [2.75, 3.05) is 12.4 Å². The van der Waals surface area contributed by atoms with Gasteiger partial charge in [0.1, 0.15) is 12.0 Å². The van der Waals surface area contributed by atoms with Crippen molar-refractivity contribution >= 4 is 12.6 Å². The summed E-state index contributed by atoms with van der Waals surface area (Å²) in [5, 5.41) is 3.90. The van der Waals surface area contributed by atoms with Gasteiger partial charge in [0, 0.05) is 24.5 Å². The SMILES string of the molecule is SCN1CCc2conc2C1. The van der Waals surface area contributed by atoms with Crippen LogP contribution >= 0.6 is 12.6 Å². The summed E-state index contributed by atoms with van der Waals surface area (Å²) in [6, 6.07) is 0. The molecule has 1 aliphatic heterocycles. The van der Waals surface area contributed by atoms with E-state index in [1.165, 1.54) is 5.56 Å². The van der Waals surface area contributed by atoms with Crippen LogP contribution in [0, 0.1) is 0 Å². The fourth-order valence-electron chi connectivity index (χ4n) is 1.30. The van der Waals surface area contributed by atoms with Crippen LogP contribution in [0.2, 0.25) is 0 Å². The molecule has 0 spiro atoms. The lowest BCUT2D eigenvalue weighted by Gasteiger charge is -2.22. The third-order valence-corrected chi connectivity index (χ3v) is 2.40. The molecule has 0 amide bonds. The molecule has 0 aliphatic carbocycles. The number of rotatable bonds is 1. The number of thiol groups is 1. The number of nitrogens with zero attached hydrogens (tertiary/aromatic N) is 2. The Bertz CT molecular complexity index is 248. The van der Waals surface area contributed by atoms with Crippen molar-refractivity contribution in [3.63, 3.8) is 0 Å². The van der Waals surface area contributed by atoms with Crippen LogP contribution in [0.5, 0.6) is 0 Å². The van der Waals surface area contributed by atoms with Gasteiger partial charge in [-0.15, -0.1) is 0 Å². The second-order valence-electron chi connectivity index (χ2n) is 2.73. The maximum Gasteiger partial charge on any atom is 0.127 e. The maximum absolute atomic E-state index is 4.86. The summed E-state index contributed by atoms with van der Waals surface area (Å²) in [5.74, 6) is 0.798. The van der Waals surface area contributed by atoms with E-state index in [-0.39, 0.29) is 0 Å². The van der Waals surface area contributed by atoms with E-state index in [0.717, 1.165) is 31.1 Å². The highest BCUT2D eigenvalue weighted by Gasteiger charge is 2.17. The van der Waals surface area contributed by atoms with Gasteiger partial charge in [-0.25, -0.2) is 0 Å². The van der Waals surface area contributed by atoms with Gasteiger partial charge in [0.25, 0.3) is 0 Å². The summed E-state index contributed by atoms with van der Waals surface area (Å²) in [4.78, 5) is 2.23. The average molecular weight is 170 g/mol. The van der Waals surface area contributed by atoms with E-state index in [1.54, 1.807) is 6.26 Å². The third kappa shape index (κ3) is 1.28. The van der Waals surface area contributed by atoms with Crippen molar-refractivity contribution in [3.8, 4) is 0 Å². The monoisotopic (exact) mass is 170 g/mol. The van der Waals surface area contributed by atoms with Gasteiger partial charge in [0.15, 0.2) is 0 Å². The lowest BCUT2D eigenvalue weighted by Crippen LogP contribution is -2.29. The molecule has 0 aromatic carbocycles. The third-order valence-electron chi connectivity index (χ3n) is 2.00. The van der Waals surface area contributed by atoms with E-state index >= 15 is 0 Å². The first-order valence-electron chi connectivity index (χ1n) is 3.65. The van der Waals surface area contributed by atoms with Crippen LogP contribution < -0.4 is 0 Å². The molecule has 1 aromatic heterocycles. The van der Waals surface area contributed by atoms with Crippen LogP contribution in [0.3, 0.4) is 0 Å². The Morgan fingerprint density at radius 3 is 3.45 bits per heavy atom. The molecule has 0 atom stereocenters. The van der Waals surface area contributed by atoms with Gasteiger partial charge in [0.2, 0.25) is 0 Å². The molecule has 4 heteroatoms. The molecule has 11 heavy (non-hydrogen) atoms. The topological polar surface area (TPSA) is 29.3 Å². The zero-order valence-electron chi connectivity index (χ0n) is 6.16. The van der Waals surface area contributed by atoms with Gasteiger partial charge in [-0.05, 0) is 6.42 Å². The Kier molecular flexibility index (Phi) is 1.87. The molecule has 60 valence electrons. The van der Waals surface area contributed by atoms with E-state index in [0.29, 0.717) is 0 Å². The molecule has 0 fully saturated rings. The molecule has 2 heterocycles. The zero-order valence-corrected chi connectivity index (χ0v) is 7.05. The normalized spacial score (nSPS) is 18.3. The van der Waals surface area contributed by atoms with Crippen LogP contribution in [0.15, 0.2) is 10.8 Å². The Morgan fingerprint density at radius 1 is 1.73 bits per heavy atom. The standard InChI is InChI=1S/C7H10N2OS/c11-5-9-2-1-6-4-10-8-7(6)3-9/h4,11H,1-3,5H2. The second kappa shape index (κ2) is 2.87. The van der Waals surface area contributed by atoms with E-state index in [9.17, 15) is 0 Å². The first-order valence-corrected chi connectivity index (χ1v) is 4.29. The maximum atomic E-state index is 4.86. The Morgan fingerprint density at radius 2 is 2.64 bits per heavy atom. The molecule has 1 aromatic rings. The molecule has 2 rings (SSSR count). The van der Waals surface area contributed by atoms with E-state index in [1.807, 2.05) is 0 Å². The van der Waals surface area contributed by atoms with Crippen LogP contribution in [-0.4, -0.2) is 22.5 Å². The van der Waals surface area contributed by atoms with Crippen molar-refractivity contribution in [3.05, 3.63) is 17.5 Å². The molecular formula is C7H10N2OS. The van der Waals surface area contributed by atoms with Gasteiger partial charge < -0.3 is 4.52 Å². The van der Waals surface area contributed by atoms with E-state index in [4.69, 9.17) is 4.52 Å². The molecule has 0 unspecified atom stereocenters. The highest BCUT2D eigenvalue weighted by atomic mass is 32.1. The van der Waals surface area contributed by atoms with E-state index < -0.39 is 0 Å². The highest BCUT2D eigenvalue weighted by Crippen LogP contribution is 2.16. The van der Waals surface area contributed by atoms with Crippen molar-refractivity contribution in [2.45, 2.75) is 13.0 Å². The van der Waals surface area contributed by atoms with Crippen LogP contribution in [0.1, 0.15) is 11.3 Å². The minimum absolute atomic E-state index is 0.798. The fourth-order valence-corrected chi connectivity index (χ4v) is 1.55. The fraction of sp³-hybridized carbons (Fsp3) is 0.571. The van der Waals surface area contributed by atoms with Gasteiger partial charge in [-0.3, -0.25) is 4.90 Å². The summed E-state index contributed by atoms with van der Waals surface area (Å²) < 4.78 is 4.86. The second-order valence-corrected chi connectivity index (χ2v) is 3.01. The Labute approximate surface area is 70.8 Å². The predicted octanol–water partition coefficient (Wildman–Crippen LogP) is 0.920. The molecule has 3 nitrogen and oxygen atoms in total. The van der Waals surface area contributed by atoms with Crippen molar-refractivity contribution in [1.29, 1.82) is 0 Å². The number of hydrogen-bond acceptors (Lipinski definition) is 4. The summed E-state index contributed by atoms with van der Waals surface area (Å²) in [7, 11) is 0. The van der Waals surface area contributed by atoms with Crippen LogP contribution in [0.25, 0.3) is 0 Å². The first-order chi connectivity index (χ1) is 5.40. The minimum Gasteiger partial charge on any atom is -0.364 e. The quantitative estimate of drug-likeness (QED) is 0.635. The molecule has 0 saturated carbocycles. The Hall–Kier alpha value is -0.480. The summed E-state index contributed by atoms with van der Waals surface area (Å²) in [6.45, 7) is 1.95. The average Bonchev–Trinajstić information content (AvgIpc) is 2.50. The van der Waals surface area contributed by atoms with Gasteiger partial charge >= 0.3 is 0 Å². The van der Waals surface area contributed by atoms with Gasteiger partial charge in [-0.2, -0.15) is 12.6 Å². The zero-order chi connectivity index (χ0) is 7.68. The van der Waals surface area contributed by atoms with E-state index in [2.05, 4.69) is 22.7 Å². The van der Waals surface area contributed by atoms with Gasteiger partial charge in [0.05, 0.1) is 0 Å². The van der Waals surface area contributed by atoms with Crippen molar-refractivity contribution in [1.82, 2.24) is 10.1 Å². The Balaban J connectivity index is 2.18. The summed E-state index contributed by atoms with van der Waals surface area (Å²) >= 11 is 4.20. The van der Waals surface area contributed by atoms with Crippen LogP contribution in [-0.2, 0) is 13.0 Å². The molecular weight excluding hydrogens is 160 g/mol. The molecule has 1 aliphatic rings. The highest BCUT2D eigenvalue weighted by molar-refractivity contribution is 7.80. The van der Waals surface area contributed by atoms with Crippen molar-refractivity contribution in [2.24, 2.45) is 0 Å². The summed E-state index contributed by atoms with van der Waals surface area (Å²) in [5.41, 5.74) is 2.33. The molecule has 0 N–H and O–H groups in total. The number of hydrogen-bond donors (Lipinski definition) is 1. The van der Waals surface area contributed by atoms with Crippen molar-refractivity contribution < 1.29 is 4.52 Å². The number of aromatic nitrogens is 1. The lowest BCUT2D eigenvalue weighted by atomic mass is 10.1. The predicted molar refractivity (Wildman–Crippen MR) is 44.5 cm³/mol. The summed E-state index contributed by atoms with van der Waals surface area (Å²) in [6.07, 6.45) is 2.78. The molecule has 0 radical (unpaired) electrons. The number of fused-ring (bicyclic) bond motifs is 1. The van der Waals surface area contributed by atoms with Crippen LogP contribution in [0.4, 0.5) is 0 Å². The minimum atomic E-state index is 0.798.